The van der Waals surface area contributed by atoms with E-state index in [4.69, 9.17) is 5.73 Å². The lowest BCUT2D eigenvalue weighted by atomic mass is 9.86. The average Bonchev–Trinajstić information content (AvgIpc) is 2.93. The molecule has 0 unspecified atom stereocenters. The summed E-state index contributed by atoms with van der Waals surface area (Å²) < 4.78 is 0. The topological polar surface area (TPSA) is 59.2 Å². The van der Waals surface area contributed by atoms with Gasteiger partial charge in [0.05, 0.1) is 5.54 Å². The molecule has 0 aliphatic heterocycles. The minimum absolute atomic E-state index is 0.272. The zero-order chi connectivity index (χ0) is 14.6. The zero-order valence-corrected chi connectivity index (χ0v) is 12.6. The van der Waals surface area contributed by atoms with Gasteiger partial charge in [0.1, 0.15) is 5.82 Å². The summed E-state index contributed by atoms with van der Waals surface area (Å²) in [6, 6.07) is 3.75. The first kappa shape index (κ1) is 15.0. The van der Waals surface area contributed by atoms with Crippen LogP contribution in [0.15, 0.2) is 18.3 Å². The molecule has 1 aliphatic carbocycles. The van der Waals surface area contributed by atoms with Gasteiger partial charge in [0.25, 0.3) is 0 Å². The van der Waals surface area contributed by atoms with E-state index in [2.05, 4.69) is 23.7 Å². The highest BCUT2D eigenvalue weighted by molar-refractivity contribution is 5.91. The molecular weight excluding hydrogens is 250 g/mol. The van der Waals surface area contributed by atoms with Crippen LogP contribution in [0.2, 0.25) is 0 Å². The molecule has 0 bridgehead atoms. The summed E-state index contributed by atoms with van der Waals surface area (Å²) in [6.45, 7) is 6.11. The van der Waals surface area contributed by atoms with Crippen LogP contribution in [0, 0.1) is 0 Å². The first-order chi connectivity index (χ1) is 9.64. The third kappa shape index (κ3) is 2.70. The van der Waals surface area contributed by atoms with Gasteiger partial charge in [-0.3, -0.25) is 9.69 Å². The smallest absolute Gasteiger partial charge is 0.157 e. The Labute approximate surface area is 121 Å². The average molecular weight is 275 g/mol. The minimum Gasteiger partial charge on any atom is -0.383 e. The van der Waals surface area contributed by atoms with Gasteiger partial charge in [0.15, 0.2) is 5.78 Å². The molecule has 0 radical (unpaired) electrons. The second kappa shape index (κ2) is 6.35. The standard InChI is InChI=1S/C16H25N3O/c1-3-19(4-2)16(9-5-6-10-16)14(20)12-13-8-7-11-18-15(13)17/h7-8,11H,3-6,9-10,12H2,1-2H3,(H2,17,18). The first-order valence-electron chi connectivity index (χ1n) is 7.61. The van der Waals surface area contributed by atoms with E-state index in [1.54, 1.807) is 6.20 Å². The number of hydrogen-bond donors (Lipinski definition) is 1. The maximum Gasteiger partial charge on any atom is 0.157 e. The van der Waals surface area contributed by atoms with Crippen LogP contribution < -0.4 is 5.73 Å². The van der Waals surface area contributed by atoms with Crippen LogP contribution in [0.3, 0.4) is 0 Å². The van der Waals surface area contributed by atoms with Gasteiger partial charge in [0, 0.05) is 18.2 Å². The number of pyridine rings is 1. The van der Waals surface area contributed by atoms with Crippen molar-refractivity contribution in [1.29, 1.82) is 0 Å². The van der Waals surface area contributed by atoms with E-state index in [1.807, 2.05) is 12.1 Å². The van der Waals surface area contributed by atoms with Crippen LogP contribution in [-0.2, 0) is 11.2 Å². The number of nitrogen functional groups attached to an aromatic ring is 1. The van der Waals surface area contributed by atoms with E-state index >= 15 is 0 Å². The van der Waals surface area contributed by atoms with Gasteiger partial charge < -0.3 is 5.73 Å². The number of hydrogen-bond acceptors (Lipinski definition) is 4. The number of nitrogens with zero attached hydrogens (tertiary/aromatic N) is 2. The Balaban J connectivity index is 2.22. The lowest BCUT2D eigenvalue weighted by molar-refractivity contribution is -0.130. The van der Waals surface area contributed by atoms with Gasteiger partial charge in [-0.15, -0.1) is 0 Å². The van der Waals surface area contributed by atoms with Crippen LogP contribution in [-0.4, -0.2) is 34.3 Å². The van der Waals surface area contributed by atoms with E-state index in [1.165, 1.54) is 0 Å². The van der Waals surface area contributed by atoms with Crippen molar-refractivity contribution < 1.29 is 4.79 Å². The summed E-state index contributed by atoms with van der Waals surface area (Å²) >= 11 is 0. The van der Waals surface area contributed by atoms with Gasteiger partial charge in [-0.25, -0.2) is 4.98 Å². The monoisotopic (exact) mass is 275 g/mol. The van der Waals surface area contributed by atoms with Crippen LogP contribution in [0.4, 0.5) is 5.82 Å². The Bertz CT molecular complexity index is 463. The van der Waals surface area contributed by atoms with E-state index in [9.17, 15) is 4.79 Å². The van der Waals surface area contributed by atoms with Crippen molar-refractivity contribution in [1.82, 2.24) is 9.88 Å². The maximum atomic E-state index is 12.9. The van der Waals surface area contributed by atoms with Crippen LogP contribution >= 0.6 is 0 Å². The molecule has 1 aromatic rings. The number of Topliss-reactive ketones (excluding diaryl/α,β-unsaturated/α-hetero) is 1. The second-order valence-electron chi connectivity index (χ2n) is 5.56. The Morgan fingerprint density at radius 2 is 2.00 bits per heavy atom. The quantitative estimate of drug-likeness (QED) is 0.866. The van der Waals surface area contributed by atoms with Crippen molar-refractivity contribution in [3.05, 3.63) is 23.9 Å². The Morgan fingerprint density at radius 1 is 1.35 bits per heavy atom. The third-order valence-electron chi connectivity index (χ3n) is 4.60. The van der Waals surface area contributed by atoms with Gasteiger partial charge in [-0.05, 0) is 32.0 Å². The van der Waals surface area contributed by atoms with Crippen LogP contribution in [0.25, 0.3) is 0 Å². The van der Waals surface area contributed by atoms with Crippen molar-refractivity contribution in [2.45, 2.75) is 51.5 Å². The lowest BCUT2D eigenvalue weighted by Gasteiger charge is -2.39. The largest absolute Gasteiger partial charge is 0.383 e. The molecule has 1 aromatic heterocycles. The molecule has 4 nitrogen and oxygen atoms in total. The Kier molecular flexibility index (Phi) is 4.76. The fourth-order valence-electron chi connectivity index (χ4n) is 3.50. The van der Waals surface area contributed by atoms with Crippen LogP contribution in [0.5, 0.6) is 0 Å². The van der Waals surface area contributed by atoms with E-state index < -0.39 is 0 Å². The highest BCUT2D eigenvalue weighted by Crippen LogP contribution is 2.37. The van der Waals surface area contributed by atoms with E-state index in [0.717, 1.165) is 44.3 Å². The van der Waals surface area contributed by atoms with Gasteiger partial charge >= 0.3 is 0 Å². The van der Waals surface area contributed by atoms with Crippen molar-refractivity contribution in [2.24, 2.45) is 0 Å². The number of anilines is 1. The molecule has 0 spiro atoms. The molecule has 4 heteroatoms. The van der Waals surface area contributed by atoms with Crippen molar-refractivity contribution >= 4 is 11.6 Å². The Hall–Kier alpha value is -1.42. The zero-order valence-electron chi connectivity index (χ0n) is 12.6. The molecule has 20 heavy (non-hydrogen) atoms. The highest BCUT2D eigenvalue weighted by atomic mass is 16.1. The lowest BCUT2D eigenvalue weighted by Crippen LogP contribution is -2.53. The molecule has 0 atom stereocenters. The normalized spacial score (nSPS) is 17.6. The van der Waals surface area contributed by atoms with E-state index in [-0.39, 0.29) is 5.54 Å². The van der Waals surface area contributed by atoms with Gasteiger partial charge in [0.2, 0.25) is 0 Å². The number of ketones is 1. The molecule has 1 fully saturated rings. The van der Waals surface area contributed by atoms with E-state index in [0.29, 0.717) is 18.0 Å². The van der Waals surface area contributed by atoms with Crippen molar-refractivity contribution in [2.75, 3.05) is 18.8 Å². The number of carbonyl (C=O) groups is 1. The number of aromatic nitrogens is 1. The highest BCUT2D eigenvalue weighted by Gasteiger charge is 2.44. The SMILES string of the molecule is CCN(CC)C1(C(=O)Cc2cccnc2N)CCCC1. The summed E-state index contributed by atoms with van der Waals surface area (Å²) in [5, 5.41) is 0. The molecule has 1 heterocycles. The number of carbonyl (C=O) groups excluding carboxylic acids is 1. The Morgan fingerprint density at radius 3 is 2.55 bits per heavy atom. The van der Waals surface area contributed by atoms with Crippen molar-refractivity contribution in [3.8, 4) is 0 Å². The van der Waals surface area contributed by atoms with Crippen LogP contribution in [0.1, 0.15) is 45.1 Å². The third-order valence-corrected chi connectivity index (χ3v) is 4.60. The second-order valence-corrected chi connectivity index (χ2v) is 5.56. The van der Waals surface area contributed by atoms with Gasteiger partial charge in [-0.1, -0.05) is 32.8 Å². The molecule has 1 aliphatic rings. The maximum absolute atomic E-state index is 12.9. The number of nitrogens with two attached hydrogens (primary N) is 1. The summed E-state index contributed by atoms with van der Waals surface area (Å²) in [6.07, 6.45) is 6.31. The molecule has 0 amide bonds. The summed E-state index contributed by atoms with van der Waals surface area (Å²) in [5.74, 6) is 0.784. The fourth-order valence-corrected chi connectivity index (χ4v) is 3.50. The number of likely N-dealkylation sites (N-methyl/N-ethyl adjacent to an activating group) is 1. The summed E-state index contributed by atoms with van der Waals surface area (Å²) in [5.41, 5.74) is 6.46. The molecule has 0 saturated heterocycles. The molecule has 0 aromatic carbocycles. The predicted octanol–water partition coefficient (Wildman–Crippen LogP) is 2.43. The molecule has 2 N–H and O–H groups in total. The molecular formula is C16H25N3O. The molecule has 2 rings (SSSR count). The molecule has 1 saturated carbocycles. The van der Waals surface area contributed by atoms with Gasteiger partial charge in [-0.2, -0.15) is 0 Å². The molecule has 110 valence electrons. The van der Waals surface area contributed by atoms with Crippen molar-refractivity contribution in [3.63, 3.8) is 0 Å². The summed E-state index contributed by atoms with van der Waals surface area (Å²) in [4.78, 5) is 19.3. The predicted molar refractivity (Wildman–Crippen MR) is 81.5 cm³/mol. The first-order valence-corrected chi connectivity index (χ1v) is 7.61. The summed E-state index contributed by atoms with van der Waals surface area (Å²) in [7, 11) is 0. The fraction of sp³-hybridized carbons (Fsp3) is 0.625. The number of rotatable bonds is 6. The minimum atomic E-state index is -0.272.